The lowest BCUT2D eigenvalue weighted by molar-refractivity contribution is 0.174. The smallest absolute Gasteiger partial charge is 0.231 e. The van der Waals surface area contributed by atoms with Crippen molar-refractivity contribution < 1.29 is 13.9 Å². The first-order valence-electron chi connectivity index (χ1n) is 8.05. The highest BCUT2D eigenvalue weighted by molar-refractivity contribution is 9.10. The summed E-state index contributed by atoms with van der Waals surface area (Å²) in [6, 6.07) is 10.4. The fraction of sp³-hybridized carbons (Fsp3) is 0.111. The third kappa shape index (κ3) is 3.72. The highest BCUT2D eigenvalue weighted by Crippen LogP contribution is 2.33. The lowest BCUT2D eigenvalue weighted by Gasteiger charge is -2.13. The van der Waals surface area contributed by atoms with Crippen LogP contribution in [0, 0.1) is 5.82 Å². The van der Waals surface area contributed by atoms with Gasteiger partial charge in [0.25, 0.3) is 0 Å². The summed E-state index contributed by atoms with van der Waals surface area (Å²) >= 11 is 3.22. The van der Waals surface area contributed by atoms with Crippen LogP contribution >= 0.6 is 15.9 Å². The predicted molar refractivity (Wildman–Crippen MR) is 104 cm³/mol. The molecule has 1 aromatic heterocycles. The first kappa shape index (κ1) is 17.3. The third-order valence-electron chi connectivity index (χ3n) is 3.97. The van der Waals surface area contributed by atoms with Crippen molar-refractivity contribution >= 4 is 38.9 Å². The molecule has 27 heavy (non-hydrogen) atoms. The molecule has 0 spiro atoms. The van der Waals surface area contributed by atoms with Crippen LogP contribution in [-0.4, -0.2) is 16.8 Å². The Labute approximate surface area is 162 Å². The highest BCUT2D eigenvalue weighted by Gasteiger charge is 2.14. The van der Waals surface area contributed by atoms with Crippen LogP contribution in [0.4, 0.5) is 27.4 Å². The van der Waals surface area contributed by atoms with Gasteiger partial charge >= 0.3 is 0 Å². The Hall–Kier alpha value is -3.07. The van der Waals surface area contributed by atoms with Gasteiger partial charge < -0.3 is 25.8 Å². The number of fused-ring (bicyclic) bond motifs is 1. The number of benzene rings is 2. The highest BCUT2D eigenvalue weighted by atomic mass is 79.9. The van der Waals surface area contributed by atoms with Crippen LogP contribution in [0.5, 0.6) is 11.5 Å². The van der Waals surface area contributed by atoms with Gasteiger partial charge in [-0.05, 0) is 35.9 Å². The zero-order valence-electron chi connectivity index (χ0n) is 14.0. The second-order valence-electron chi connectivity index (χ2n) is 5.77. The Morgan fingerprint density at radius 3 is 2.74 bits per heavy atom. The normalized spacial score (nSPS) is 12.1. The minimum Gasteiger partial charge on any atom is -0.454 e. The summed E-state index contributed by atoms with van der Waals surface area (Å²) in [5.41, 5.74) is 7.68. The fourth-order valence-corrected chi connectivity index (χ4v) is 2.92. The van der Waals surface area contributed by atoms with Crippen molar-refractivity contribution in [3.63, 3.8) is 0 Å². The van der Waals surface area contributed by atoms with Gasteiger partial charge in [0, 0.05) is 11.0 Å². The number of hydrogen-bond acceptors (Lipinski definition) is 7. The van der Waals surface area contributed by atoms with Crippen molar-refractivity contribution in [3.8, 4) is 11.5 Å². The van der Waals surface area contributed by atoms with Crippen LogP contribution in [0.25, 0.3) is 0 Å². The fourth-order valence-electron chi connectivity index (χ4n) is 2.59. The van der Waals surface area contributed by atoms with E-state index in [1.807, 2.05) is 18.2 Å². The van der Waals surface area contributed by atoms with Crippen molar-refractivity contribution in [2.75, 3.05) is 23.2 Å². The van der Waals surface area contributed by atoms with Gasteiger partial charge in [0.1, 0.15) is 17.8 Å². The number of aromatic nitrogens is 2. The van der Waals surface area contributed by atoms with Gasteiger partial charge in [-0.3, -0.25) is 0 Å². The van der Waals surface area contributed by atoms with Gasteiger partial charge in [0.2, 0.25) is 6.79 Å². The molecule has 1 aliphatic rings. The summed E-state index contributed by atoms with van der Waals surface area (Å²) < 4.78 is 25.3. The van der Waals surface area contributed by atoms with Crippen LogP contribution in [-0.2, 0) is 6.54 Å². The Kier molecular flexibility index (Phi) is 4.68. The van der Waals surface area contributed by atoms with E-state index in [4.69, 9.17) is 15.2 Å². The summed E-state index contributed by atoms with van der Waals surface area (Å²) in [5, 5.41) is 6.05. The zero-order valence-corrected chi connectivity index (χ0v) is 15.6. The van der Waals surface area contributed by atoms with Crippen LogP contribution in [0.1, 0.15) is 5.56 Å². The Bertz CT molecular complexity index is 1000. The molecule has 2 heterocycles. The van der Waals surface area contributed by atoms with Crippen molar-refractivity contribution in [3.05, 3.63) is 58.6 Å². The molecule has 2 aromatic carbocycles. The van der Waals surface area contributed by atoms with E-state index >= 15 is 0 Å². The molecule has 4 N–H and O–H groups in total. The Balaban J connectivity index is 1.50. The maximum Gasteiger partial charge on any atom is 0.231 e. The quantitative estimate of drug-likeness (QED) is 0.560. The van der Waals surface area contributed by atoms with E-state index in [-0.39, 0.29) is 12.5 Å². The van der Waals surface area contributed by atoms with Gasteiger partial charge in [-0.1, -0.05) is 22.0 Å². The number of nitrogens with two attached hydrogens (primary N) is 1. The van der Waals surface area contributed by atoms with Crippen LogP contribution in [0.15, 0.2) is 47.2 Å². The number of hydrogen-bond donors (Lipinski definition) is 3. The molecule has 0 amide bonds. The summed E-state index contributed by atoms with van der Waals surface area (Å²) in [7, 11) is 0. The lowest BCUT2D eigenvalue weighted by Crippen LogP contribution is -2.08. The molecule has 3 aromatic rings. The van der Waals surface area contributed by atoms with Crippen molar-refractivity contribution in [2.45, 2.75) is 6.54 Å². The number of anilines is 4. The molecule has 0 aliphatic carbocycles. The molecule has 0 unspecified atom stereocenters. The monoisotopic (exact) mass is 431 g/mol. The topological polar surface area (TPSA) is 94.3 Å². The molecule has 4 rings (SSSR count). The van der Waals surface area contributed by atoms with E-state index < -0.39 is 5.82 Å². The number of nitrogen functional groups attached to an aromatic ring is 1. The van der Waals surface area contributed by atoms with Gasteiger partial charge in [0.05, 0.1) is 5.69 Å². The van der Waals surface area contributed by atoms with E-state index in [0.29, 0.717) is 34.1 Å². The number of halogens is 2. The van der Waals surface area contributed by atoms with Crippen molar-refractivity contribution in [2.24, 2.45) is 0 Å². The number of rotatable bonds is 5. The molecule has 9 heteroatoms. The first-order chi connectivity index (χ1) is 13.1. The molecule has 0 bridgehead atoms. The van der Waals surface area contributed by atoms with Gasteiger partial charge in [-0.2, -0.15) is 0 Å². The molecule has 0 radical (unpaired) electrons. The SMILES string of the molecule is Nc1c(NCc2ccc3c(c2)OCO3)ncnc1Nc1ccc(Br)cc1F. The second-order valence-corrected chi connectivity index (χ2v) is 6.69. The zero-order chi connectivity index (χ0) is 18.8. The molecule has 0 atom stereocenters. The minimum atomic E-state index is -0.419. The average molecular weight is 432 g/mol. The summed E-state index contributed by atoms with van der Waals surface area (Å²) in [6.45, 7) is 0.705. The van der Waals surface area contributed by atoms with Gasteiger partial charge in [-0.25, -0.2) is 14.4 Å². The Morgan fingerprint density at radius 1 is 1.07 bits per heavy atom. The molecule has 0 saturated carbocycles. The van der Waals surface area contributed by atoms with Gasteiger partial charge in [-0.15, -0.1) is 0 Å². The second kappa shape index (κ2) is 7.28. The third-order valence-corrected chi connectivity index (χ3v) is 4.46. The minimum absolute atomic E-state index is 0.229. The summed E-state index contributed by atoms with van der Waals surface area (Å²) in [5.74, 6) is 1.78. The maximum absolute atomic E-state index is 14.0. The van der Waals surface area contributed by atoms with Gasteiger partial charge in [0.15, 0.2) is 23.1 Å². The molecule has 0 fully saturated rings. The van der Waals surface area contributed by atoms with Crippen LogP contribution in [0.2, 0.25) is 0 Å². The molecule has 138 valence electrons. The summed E-state index contributed by atoms with van der Waals surface area (Å²) in [4.78, 5) is 8.26. The Morgan fingerprint density at radius 2 is 1.89 bits per heavy atom. The number of nitrogens with one attached hydrogen (secondary N) is 2. The largest absolute Gasteiger partial charge is 0.454 e. The predicted octanol–water partition coefficient (Wildman–Crippen LogP) is 4.04. The number of ether oxygens (including phenoxy) is 2. The first-order valence-corrected chi connectivity index (χ1v) is 8.84. The van der Waals surface area contributed by atoms with E-state index in [1.54, 1.807) is 12.1 Å². The maximum atomic E-state index is 14.0. The molecular weight excluding hydrogens is 417 g/mol. The van der Waals surface area contributed by atoms with E-state index in [9.17, 15) is 4.39 Å². The molecule has 7 nitrogen and oxygen atoms in total. The molecule has 0 saturated heterocycles. The van der Waals surface area contributed by atoms with Crippen LogP contribution < -0.4 is 25.8 Å². The van der Waals surface area contributed by atoms with Crippen molar-refractivity contribution in [1.82, 2.24) is 9.97 Å². The standard InChI is InChI=1S/C18H15BrFN5O2/c19-11-2-3-13(12(20)6-11)25-18-16(21)17(23-8-24-18)22-7-10-1-4-14-15(5-10)27-9-26-14/h1-6,8H,7,9,21H2,(H2,22,23,24,25). The van der Waals surface area contributed by atoms with E-state index in [2.05, 4.69) is 36.5 Å². The van der Waals surface area contributed by atoms with E-state index in [1.165, 1.54) is 12.4 Å². The molecule has 1 aliphatic heterocycles. The lowest BCUT2D eigenvalue weighted by atomic mass is 10.2. The van der Waals surface area contributed by atoms with E-state index in [0.717, 1.165) is 11.3 Å². The average Bonchev–Trinajstić information content (AvgIpc) is 3.12. The summed E-state index contributed by atoms with van der Waals surface area (Å²) in [6.07, 6.45) is 1.36. The van der Waals surface area contributed by atoms with Crippen LogP contribution in [0.3, 0.4) is 0 Å². The number of nitrogens with zero attached hydrogens (tertiary/aromatic N) is 2. The van der Waals surface area contributed by atoms with Crippen molar-refractivity contribution in [1.29, 1.82) is 0 Å². The molecular formula is C18H15BrFN5O2.